The molecule has 0 unspecified atom stereocenters. The second kappa shape index (κ2) is 8.15. The van der Waals surface area contributed by atoms with E-state index in [0.717, 1.165) is 16.6 Å². The molecule has 7 heteroatoms. The molecule has 124 valence electrons. The van der Waals surface area contributed by atoms with Gasteiger partial charge in [0.15, 0.2) is 0 Å². The van der Waals surface area contributed by atoms with E-state index in [2.05, 4.69) is 27.3 Å². The molecule has 1 aromatic carbocycles. The van der Waals surface area contributed by atoms with E-state index in [9.17, 15) is 4.79 Å². The number of methoxy groups -OCH3 is 1. The van der Waals surface area contributed by atoms with Crippen LogP contribution in [0.5, 0.6) is 5.75 Å². The molecule has 0 saturated carbocycles. The molecule has 0 fully saturated rings. The molecule has 4 nitrogen and oxygen atoms in total. The van der Waals surface area contributed by atoms with Crippen LogP contribution in [0.15, 0.2) is 28.1 Å². The van der Waals surface area contributed by atoms with E-state index in [0.29, 0.717) is 23.0 Å². The normalized spacial score (nSPS) is 10.9. The van der Waals surface area contributed by atoms with Crippen molar-refractivity contribution in [2.45, 2.75) is 13.5 Å². The third-order valence-corrected chi connectivity index (χ3v) is 5.31. The van der Waals surface area contributed by atoms with E-state index in [1.165, 1.54) is 4.88 Å². The molecule has 0 saturated heterocycles. The zero-order valence-electron chi connectivity index (χ0n) is 13.2. The van der Waals surface area contributed by atoms with Gasteiger partial charge in [-0.1, -0.05) is 11.6 Å². The third kappa shape index (κ3) is 5.21. The van der Waals surface area contributed by atoms with E-state index in [1.54, 1.807) is 24.5 Å². The Morgan fingerprint density at radius 3 is 2.78 bits per heavy atom. The van der Waals surface area contributed by atoms with Crippen LogP contribution in [-0.2, 0) is 11.3 Å². The molecule has 2 rings (SSSR count). The largest absolute Gasteiger partial charge is 0.495 e. The van der Waals surface area contributed by atoms with Crippen molar-refractivity contribution in [3.05, 3.63) is 43.5 Å². The Morgan fingerprint density at radius 1 is 1.43 bits per heavy atom. The number of likely N-dealkylation sites (N-methyl/N-ethyl adjacent to an activating group) is 1. The van der Waals surface area contributed by atoms with Gasteiger partial charge in [0.05, 0.1) is 19.3 Å². The summed E-state index contributed by atoms with van der Waals surface area (Å²) in [5, 5.41) is 5.52. The molecular formula is C16H18BrClN2O2S. The first-order valence-electron chi connectivity index (χ1n) is 6.94. The van der Waals surface area contributed by atoms with Crippen molar-refractivity contribution in [2.24, 2.45) is 0 Å². The molecule has 1 aromatic heterocycles. The SMILES string of the molecule is COc1cc(Cl)c(C)cc1NC(=O)CN(C)Cc1cc(Br)cs1. The summed E-state index contributed by atoms with van der Waals surface area (Å²) in [5.74, 6) is 0.460. The molecule has 0 bridgehead atoms. The molecule has 1 N–H and O–H groups in total. The van der Waals surface area contributed by atoms with Crippen LogP contribution in [-0.4, -0.2) is 31.5 Å². The second-order valence-electron chi connectivity index (χ2n) is 5.25. The summed E-state index contributed by atoms with van der Waals surface area (Å²) < 4.78 is 6.34. The number of amides is 1. The predicted molar refractivity (Wildman–Crippen MR) is 99.7 cm³/mol. The zero-order valence-corrected chi connectivity index (χ0v) is 16.3. The lowest BCUT2D eigenvalue weighted by molar-refractivity contribution is -0.117. The van der Waals surface area contributed by atoms with Crippen LogP contribution < -0.4 is 10.1 Å². The van der Waals surface area contributed by atoms with Crippen LogP contribution in [0.2, 0.25) is 5.02 Å². The summed E-state index contributed by atoms with van der Waals surface area (Å²) in [5.41, 5.74) is 1.52. The Hall–Kier alpha value is -1.08. The monoisotopic (exact) mass is 416 g/mol. The van der Waals surface area contributed by atoms with Gasteiger partial charge in [-0.3, -0.25) is 9.69 Å². The Balaban J connectivity index is 1.97. The molecule has 0 aliphatic carbocycles. The maximum absolute atomic E-state index is 12.2. The van der Waals surface area contributed by atoms with Crippen LogP contribution in [0, 0.1) is 6.92 Å². The highest BCUT2D eigenvalue weighted by atomic mass is 79.9. The van der Waals surface area contributed by atoms with Crippen LogP contribution >= 0.6 is 38.9 Å². The van der Waals surface area contributed by atoms with Crippen LogP contribution in [0.1, 0.15) is 10.4 Å². The van der Waals surface area contributed by atoms with Crippen molar-refractivity contribution < 1.29 is 9.53 Å². The molecule has 0 spiro atoms. The summed E-state index contributed by atoms with van der Waals surface area (Å²) in [4.78, 5) is 15.4. The first-order valence-corrected chi connectivity index (χ1v) is 8.99. The fraction of sp³-hybridized carbons (Fsp3) is 0.312. The first kappa shape index (κ1) is 18.3. The molecular weight excluding hydrogens is 400 g/mol. The van der Waals surface area contributed by atoms with Gasteiger partial charge in [0, 0.05) is 32.4 Å². The third-order valence-electron chi connectivity index (χ3n) is 3.22. The fourth-order valence-electron chi connectivity index (χ4n) is 2.12. The number of hydrogen-bond acceptors (Lipinski definition) is 4. The topological polar surface area (TPSA) is 41.6 Å². The average Bonchev–Trinajstić information content (AvgIpc) is 2.87. The quantitative estimate of drug-likeness (QED) is 0.749. The van der Waals surface area contributed by atoms with Gasteiger partial charge < -0.3 is 10.1 Å². The van der Waals surface area contributed by atoms with Gasteiger partial charge in [-0.15, -0.1) is 11.3 Å². The summed E-state index contributed by atoms with van der Waals surface area (Å²) in [6.07, 6.45) is 0. The number of hydrogen-bond donors (Lipinski definition) is 1. The summed E-state index contributed by atoms with van der Waals surface area (Å²) in [6.45, 7) is 2.90. The number of anilines is 1. The van der Waals surface area contributed by atoms with E-state index in [4.69, 9.17) is 16.3 Å². The zero-order chi connectivity index (χ0) is 17.0. The highest BCUT2D eigenvalue weighted by Crippen LogP contribution is 2.30. The van der Waals surface area contributed by atoms with Crippen molar-refractivity contribution in [3.63, 3.8) is 0 Å². The van der Waals surface area contributed by atoms with Crippen LogP contribution in [0.3, 0.4) is 0 Å². The number of nitrogens with one attached hydrogen (secondary N) is 1. The number of nitrogens with zero attached hydrogens (tertiary/aromatic N) is 1. The number of aryl methyl sites for hydroxylation is 1. The molecule has 1 amide bonds. The van der Waals surface area contributed by atoms with Crippen molar-refractivity contribution in [3.8, 4) is 5.75 Å². The van der Waals surface area contributed by atoms with Gasteiger partial charge in [-0.2, -0.15) is 0 Å². The Kier molecular flexibility index (Phi) is 6.47. The standard InChI is InChI=1S/C16H18BrClN2O2S/c1-10-4-14(15(22-3)6-13(10)18)19-16(21)8-20(2)7-12-5-11(17)9-23-12/h4-6,9H,7-8H2,1-3H3,(H,19,21). The number of thiophene rings is 1. The molecule has 0 aliphatic heterocycles. The number of ether oxygens (including phenoxy) is 1. The predicted octanol–water partition coefficient (Wildman–Crippen LogP) is 4.55. The molecule has 2 aromatic rings. The first-order chi connectivity index (χ1) is 10.9. The van der Waals surface area contributed by atoms with E-state index < -0.39 is 0 Å². The molecule has 0 atom stereocenters. The Bertz CT molecular complexity index is 705. The summed E-state index contributed by atoms with van der Waals surface area (Å²) >= 11 is 11.2. The highest BCUT2D eigenvalue weighted by molar-refractivity contribution is 9.10. The van der Waals surface area contributed by atoms with Gasteiger partial charge >= 0.3 is 0 Å². The van der Waals surface area contributed by atoms with Gasteiger partial charge in [0.1, 0.15) is 5.75 Å². The van der Waals surface area contributed by atoms with E-state index in [-0.39, 0.29) is 5.91 Å². The molecule has 0 radical (unpaired) electrons. The van der Waals surface area contributed by atoms with Gasteiger partial charge in [0.2, 0.25) is 5.91 Å². The number of carbonyl (C=O) groups excluding carboxylic acids is 1. The summed E-state index contributed by atoms with van der Waals surface area (Å²) in [7, 11) is 3.47. The molecule has 1 heterocycles. The fourth-order valence-corrected chi connectivity index (χ4v) is 3.81. The maximum atomic E-state index is 12.2. The number of benzene rings is 1. The lowest BCUT2D eigenvalue weighted by atomic mass is 10.2. The minimum Gasteiger partial charge on any atom is -0.495 e. The average molecular weight is 418 g/mol. The van der Waals surface area contributed by atoms with Gasteiger partial charge in [-0.05, 0) is 47.6 Å². The van der Waals surface area contributed by atoms with Crippen molar-refractivity contribution in [1.82, 2.24) is 4.90 Å². The Morgan fingerprint density at radius 2 is 2.17 bits per heavy atom. The van der Waals surface area contributed by atoms with Crippen molar-refractivity contribution in [1.29, 1.82) is 0 Å². The minimum atomic E-state index is -0.0943. The maximum Gasteiger partial charge on any atom is 0.238 e. The van der Waals surface area contributed by atoms with Crippen molar-refractivity contribution >= 4 is 50.5 Å². The smallest absolute Gasteiger partial charge is 0.238 e. The van der Waals surface area contributed by atoms with E-state index in [1.807, 2.05) is 30.3 Å². The molecule has 23 heavy (non-hydrogen) atoms. The minimum absolute atomic E-state index is 0.0943. The van der Waals surface area contributed by atoms with Crippen molar-refractivity contribution in [2.75, 3.05) is 26.0 Å². The highest BCUT2D eigenvalue weighted by Gasteiger charge is 2.13. The lowest BCUT2D eigenvalue weighted by Crippen LogP contribution is -2.29. The van der Waals surface area contributed by atoms with Crippen LogP contribution in [0.25, 0.3) is 0 Å². The van der Waals surface area contributed by atoms with Gasteiger partial charge in [-0.25, -0.2) is 0 Å². The van der Waals surface area contributed by atoms with E-state index >= 15 is 0 Å². The number of rotatable bonds is 6. The lowest BCUT2D eigenvalue weighted by Gasteiger charge is -2.17. The Labute approximate surface area is 153 Å². The molecule has 0 aliphatic rings. The number of carbonyl (C=O) groups is 1. The summed E-state index contributed by atoms with van der Waals surface area (Å²) in [6, 6.07) is 5.58. The van der Waals surface area contributed by atoms with Crippen LogP contribution in [0.4, 0.5) is 5.69 Å². The number of halogens is 2. The second-order valence-corrected chi connectivity index (χ2v) is 7.57. The van der Waals surface area contributed by atoms with Gasteiger partial charge in [0.25, 0.3) is 0 Å².